The van der Waals surface area contributed by atoms with Crippen molar-refractivity contribution in [2.45, 2.75) is 43.0 Å². The molecule has 1 fully saturated rings. The van der Waals surface area contributed by atoms with Crippen LogP contribution in [0.15, 0.2) is 21.3 Å². The van der Waals surface area contributed by atoms with E-state index < -0.39 is 10.0 Å². The Morgan fingerprint density at radius 1 is 1.35 bits per heavy atom. The molecule has 2 heterocycles. The number of guanidine groups is 1. The summed E-state index contributed by atoms with van der Waals surface area (Å²) in [6.45, 7) is 4.37. The van der Waals surface area contributed by atoms with E-state index in [9.17, 15) is 8.42 Å². The monoisotopic (exact) mass is 516 g/mol. The van der Waals surface area contributed by atoms with Crippen molar-refractivity contribution in [3.63, 3.8) is 0 Å². The van der Waals surface area contributed by atoms with Gasteiger partial charge in [-0.05, 0) is 31.9 Å². The normalized spacial score (nSPS) is 17.4. The highest BCUT2D eigenvalue weighted by Crippen LogP contribution is 2.26. The highest BCUT2D eigenvalue weighted by Gasteiger charge is 2.27. The van der Waals surface area contributed by atoms with Crippen molar-refractivity contribution in [2.75, 3.05) is 33.9 Å². The third kappa shape index (κ3) is 6.63. The van der Waals surface area contributed by atoms with Crippen molar-refractivity contribution in [2.24, 2.45) is 4.99 Å². The summed E-state index contributed by atoms with van der Waals surface area (Å²) in [5.74, 6) is 0.665. The molecule has 0 aliphatic carbocycles. The Bertz CT molecular complexity index is 673. The first-order valence-corrected chi connectivity index (χ1v) is 10.8. The van der Waals surface area contributed by atoms with E-state index in [-0.39, 0.29) is 30.0 Å². The average Bonchev–Trinajstić information content (AvgIpc) is 3.09. The maximum atomic E-state index is 12.7. The first kappa shape index (κ1) is 23.6. The standard InChI is InChI=1S/C16H28N4O3S2.HI/c1-13(12-23-3)19-16(17-2)18-11-14-7-8-15(24-14)25(21,22)20-9-5-4-6-10-20;/h7-8,13H,4-6,9-12H2,1-3H3,(H2,17,18,19);1H. The van der Waals surface area contributed by atoms with Crippen LogP contribution in [0.5, 0.6) is 0 Å². The van der Waals surface area contributed by atoms with Crippen molar-refractivity contribution in [3.8, 4) is 0 Å². The maximum Gasteiger partial charge on any atom is 0.252 e. The van der Waals surface area contributed by atoms with Crippen molar-refractivity contribution in [1.29, 1.82) is 0 Å². The van der Waals surface area contributed by atoms with Gasteiger partial charge in [0.25, 0.3) is 10.0 Å². The molecule has 1 atom stereocenters. The molecule has 1 aromatic heterocycles. The number of sulfonamides is 1. The van der Waals surface area contributed by atoms with Crippen molar-refractivity contribution >= 4 is 51.3 Å². The van der Waals surface area contributed by atoms with Crippen molar-refractivity contribution < 1.29 is 13.2 Å². The molecular weight excluding hydrogens is 487 g/mol. The van der Waals surface area contributed by atoms with Gasteiger partial charge in [0, 0.05) is 38.2 Å². The lowest BCUT2D eigenvalue weighted by Gasteiger charge is -2.25. The molecule has 10 heteroatoms. The average molecular weight is 516 g/mol. The molecule has 0 radical (unpaired) electrons. The molecule has 2 rings (SSSR count). The molecule has 1 aliphatic heterocycles. The smallest absolute Gasteiger partial charge is 0.252 e. The summed E-state index contributed by atoms with van der Waals surface area (Å²) in [6, 6.07) is 3.70. The predicted molar refractivity (Wildman–Crippen MR) is 117 cm³/mol. The van der Waals surface area contributed by atoms with Crippen molar-refractivity contribution in [3.05, 3.63) is 17.0 Å². The second-order valence-corrected chi connectivity index (χ2v) is 9.45. The molecule has 1 unspecified atom stereocenters. The van der Waals surface area contributed by atoms with E-state index >= 15 is 0 Å². The second kappa shape index (κ2) is 11.4. The van der Waals surface area contributed by atoms with Crippen LogP contribution in [0.1, 0.15) is 31.1 Å². The molecule has 2 N–H and O–H groups in total. The van der Waals surface area contributed by atoms with Gasteiger partial charge in [-0.25, -0.2) is 8.42 Å². The summed E-state index contributed by atoms with van der Waals surface area (Å²) in [7, 11) is 0.0110. The molecule has 1 aromatic rings. The fourth-order valence-corrected chi connectivity index (χ4v) is 5.68. The van der Waals surface area contributed by atoms with Crippen LogP contribution in [0.2, 0.25) is 0 Å². The Kier molecular flexibility index (Phi) is 10.4. The van der Waals surface area contributed by atoms with Gasteiger partial charge < -0.3 is 15.4 Å². The van der Waals surface area contributed by atoms with Crippen LogP contribution in [0.3, 0.4) is 0 Å². The summed E-state index contributed by atoms with van der Waals surface area (Å²) < 4.78 is 32.5. The Labute approximate surface area is 177 Å². The lowest BCUT2D eigenvalue weighted by molar-refractivity contribution is 0.179. The Morgan fingerprint density at radius 2 is 2.04 bits per heavy atom. The van der Waals surface area contributed by atoms with Crippen LogP contribution in [0.25, 0.3) is 0 Å². The van der Waals surface area contributed by atoms with E-state index in [4.69, 9.17) is 4.74 Å². The molecular formula is C16H29IN4O3S2. The topological polar surface area (TPSA) is 83.0 Å². The highest BCUT2D eigenvalue weighted by molar-refractivity contribution is 14.0. The van der Waals surface area contributed by atoms with E-state index in [0.717, 1.165) is 24.1 Å². The lowest BCUT2D eigenvalue weighted by atomic mass is 10.2. The fraction of sp³-hybridized carbons (Fsp3) is 0.688. The van der Waals surface area contributed by atoms with E-state index in [2.05, 4.69) is 15.6 Å². The van der Waals surface area contributed by atoms with Gasteiger partial charge in [-0.3, -0.25) is 4.99 Å². The first-order valence-electron chi connectivity index (χ1n) is 8.52. The number of aliphatic imine (C=N–C) groups is 1. The molecule has 150 valence electrons. The predicted octanol–water partition coefficient (Wildman–Crippen LogP) is 2.24. The molecule has 0 bridgehead atoms. The van der Waals surface area contributed by atoms with Gasteiger partial charge in [0.05, 0.1) is 13.2 Å². The van der Waals surface area contributed by atoms with Gasteiger partial charge in [0.1, 0.15) is 4.21 Å². The zero-order chi connectivity index (χ0) is 18.3. The van der Waals surface area contributed by atoms with E-state index in [1.807, 2.05) is 13.0 Å². The summed E-state index contributed by atoms with van der Waals surface area (Å²) in [4.78, 5) is 5.13. The molecule has 0 aromatic carbocycles. The van der Waals surface area contributed by atoms with Crippen LogP contribution >= 0.6 is 35.3 Å². The Balaban J connectivity index is 0.00000338. The van der Waals surface area contributed by atoms with E-state index in [1.54, 1.807) is 24.5 Å². The third-order valence-electron chi connectivity index (χ3n) is 4.00. The van der Waals surface area contributed by atoms with Gasteiger partial charge in [-0.15, -0.1) is 35.3 Å². The quantitative estimate of drug-likeness (QED) is 0.330. The molecule has 7 nitrogen and oxygen atoms in total. The summed E-state index contributed by atoms with van der Waals surface area (Å²) in [6.07, 6.45) is 3.00. The minimum absolute atomic E-state index is 0. The lowest BCUT2D eigenvalue weighted by Crippen LogP contribution is -2.43. The Morgan fingerprint density at radius 3 is 2.65 bits per heavy atom. The van der Waals surface area contributed by atoms with E-state index in [1.165, 1.54) is 11.3 Å². The number of hydrogen-bond donors (Lipinski definition) is 2. The third-order valence-corrected chi connectivity index (χ3v) is 7.45. The van der Waals surface area contributed by atoms with Crippen LogP contribution in [0.4, 0.5) is 0 Å². The van der Waals surface area contributed by atoms with E-state index in [0.29, 0.717) is 36.4 Å². The second-order valence-electron chi connectivity index (χ2n) is 6.11. The van der Waals surface area contributed by atoms with Gasteiger partial charge in [-0.1, -0.05) is 6.42 Å². The maximum absolute atomic E-state index is 12.7. The molecule has 1 aliphatic rings. The molecule has 0 saturated carbocycles. The first-order chi connectivity index (χ1) is 12.0. The number of ether oxygens (including phenoxy) is 1. The summed E-state index contributed by atoms with van der Waals surface area (Å²) in [5.41, 5.74) is 0. The fourth-order valence-electron chi connectivity index (χ4n) is 2.71. The number of halogens is 1. The molecule has 26 heavy (non-hydrogen) atoms. The summed E-state index contributed by atoms with van der Waals surface area (Å²) in [5, 5.41) is 6.42. The highest BCUT2D eigenvalue weighted by atomic mass is 127. The number of nitrogens with zero attached hydrogens (tertiary/aromatic N) is 2. The zero-order valence-corrected chi connectivity index (χ0v) is 19.5. The largest absolute Gasteiger partial charge is 0.383 e. The van der Waals surface area contributed by atoms with Crippen molar-refractivity contribution in [1.82, 2.24) is 14.9 Å². The molecule has 0 amide bonds. The van der Waals surface area contributed by atoms with Crippen LogP contribution < -0.4 is 10.6 Å². The minimum atomic E-state index is -3.35. The zero-order valence-electron chi connectivity index (χ0n) is 15.5. The number of hydrogen-bond acceptors (Lipinski definition) is 5. The summed E-state index contributed by atoms with van der Waals surface area (Å²) >= 11 is 1.32. The van der Waals surface area contributed by atoms with Gasteiger partial charge >= 0.3 is 0 Å². The minimum Gasteiger partial charge on any atom is -0.383 e. The number of methoxy groups -OCH3 is 1. The van der Waals surface area contributed by atoms with Gasteiger partial charge in [0.2, 0.25) is 0 Å². The number of nitrogens with one attached hydrogen (secondary N) is 2. The van der Waals surface area contributed by atoms with Crippen LogP contribution in [-0.4, -0.2) is 58.6 Å². The number of thiophene rings is 1. The van der Waals surface area contributed by atoms with Crippen LogP contribution in [-0.2, 0) is 21.3 Å². The molecule has 1 saturated heterocycles. The van der Waals surface area contributed by atoms with Gasteiger partial charge in [0.15, 0.2) is 5.96 Å². The number of rotatable bonds is 7. The number of piperidine rings is 1. The Hall–Kier alpha value is -0.430. The van der Waals surface area contributed by atoms with Gasteiger partial charge in [-0.2, -0.15) is 4.31 Å². The SMILES string of the molecule is CN=C(NCc1ccc(S(=O)(=O)N2CCCCC2)s1)NC(C)COC.I. The molecule has 0 spiro atoms. The van der Waals surface area contributed by atoms with Crippen LogP contribution in [0, 0.1) is 0 Å².